The van der Waals surface area contributed by atoms with E-state index in [-0.39, 0.29) is 25.0 Å². The largest absolute Gasteiger partial charge is 0.473 e. The highest BCUT2D eigenvalue weighted by Gasteiger charge is 2.25. The fraction of sp³-hybridized carbons (Fsp3) is 0.562. The van der Waals surface area contributed by atoms with Crippen LogP contribution < -0.4 is 10.1 Å². The van der Waals surface area contributed by atoms with Crippen molar-refractivity contribution in [2.45, 2.75) is 39.4 Å². The van der Waals surface area contributed by atoms with Crippen LogP contribution in [0.3, 0.4) is 0 Å². The van der Waals surface area contributed by atoms with Crippen LogP contribution >= 0.6 is 0 Å². The zero-order valence-corrected chi connectivity index (χ0v) is 13.0. The molecule has 2 unspecified atom stereocenters. The fourth-order valence-electron chi connectivity index (χ4n) is 2.57. The van der Waals surface area contributed by atoms with Gasteiger partial charge in [0.1, 0.15) is 5.75 Å². The first-order valence-corrected chi connectivity index (χ1v) is 7.49. The maximum Gasteiger partial charge on any atom is 0.320 e. The molecule has 0 aromatic heterocycles. The summed E-state index contributed by atoms with van der Waals surface area (Å²) in [5, 5.41) is 2.80. The molecule has 116 valence electrons. The van der Waals surface area contributed by atoms with Crippen LogP contribution in [0.4, 0.5) is 4.79 Å². The molecule has 0 bridgehead atoms. The molecule has 0 spiro atoms. The highest BCUT2D eigenvalue weighted by molar-refractivity contribution is 5.74. The SMILES string of the molecule is CCc1ccccc1OCNC(=O)N1CC(C)OC(C)C1. The van der Waals surface area contributed by atoms with E-state index in [1.165, 1.54) is 0 Å². The van der Waals surface area contributed by atoms with Gasteiger partial charge in [-0.25, -0.2) is 4.79 Å². The first-order valence-electron chi connectivity index (χ1n) is 7.49. The first-order chi connectivity index (χ1) is 10.1. The first kappa shape index (κ1) is 15.6. The minimum Gasteiger partial charge on any atom is -0.473 e. The van der Waals surface area contributed by atoms with Crippen molar-refractivity contribution in [2.24, 2.45) is 0 Å². The number of carbonyl (C=O) groups is 1. The van der Waals surface area contributed by atoms with Gasteiger partial charge in [0, 0.05) is 13.1 Å². The van der Waals surface area contributed by atoms with Crippen LogP contribution in [0, 0.1) is 0 Å². The van der Waals surface area contributed by atoms with Crippen LogP contribution in [0.15, 0.2) is 24.3 Å². The Morgan fingerprint density at radius 3 is 2.67 bits per heavy atom. The van der Waals surface area contributed by atoms with Crippen LogP contribution in [0.25, 0.3) is 0 Å². The summed E-state index contributed by atoms with van der Waals surface area (Å²) in [7, 11) is 0. The Labute approximate surface area is 126 Å². The third kappa shape index (κ3) is 4.36. The Morgan fingerprint density at radius 1 is 1.33 bits per heavy atom. The van der Waals surface area contributed by atoms with E-state index in [4.69, 9.17) is 9.47 Å². The molecule has 0 radical (unpaired) electrons. The number of carbonyl (C=O) groups excluding carboxylic acids is 1. The molecule has 1 aromatic carbocycles. The van der Waals surface area contributed by atoms with E-state index >= 15 is 0 Å². The molecule has 0 aliphatic carbocycles. The van der Waals surface area contributed by atoms with E-state index in [1.807, 2.05) is 38.1 Å². The number of hydrogen-bond donors (Lipinski definition) is 1. The fourth-order valence-corrected chi connectivity index (χ4v) is 2.57. The molecular weight excluding hydrogens is 268 g/mol. The van der Waals surface area contributed by atoms with Gasteiger partial charge in [-0.05, 0) is 31.9 Å². The van der Waals surface area contributed by atoms with Crippen molar-refractivity contribution in [1.82, 2.24) is 10.2 Å². The molecular formula is C16H24N2O3. The molecule has 1 heterocycles. The number of amides is 2. The van der Waals surface area contributed by atoms with Crippen LogP contribution in [0.2, 0.25) is 0 Å². The van der Waals surface area contributed by atoms with Crippen molar-refractivity contribution in [3.05, 3.63) is 29.8 Å². The molecule has 1 saturated heterocycles. The zero-order chi connectivity index (χ0) is 15.2. The molecule has 1 N–H and O–H groups in total. The number of urea groups is 1. The highest BCUT2D eigenvalue weighted by atomic mass is 16.5. The van der Waals surface area contributed by atoms with Crippen LogP contribution in [-0.2, 0) is 11.2 Å². The summed E-state index contributed by atoms with van der Waals surface area (Å²) in [5.74, 6) is 0.823. The maximum atomic E-state index is 12.1. The average Bonchev–Trinajstić information content (AvgIpc) is 2.46. The van der Waals surface area contributed by atoms with Gasteiger partial charge in [0.25, 0.3) is 0 Å². The molecule has 1 aromatic rings. The van der Waals surface area contributed by atoms with Crippen LogP contribution in [0.5, 0.6) is 5.75 Å². The van der Waals surface area contributed by atoms with E-state index in [9.17, 15) is 4.79 Å². The van der Waals surface area contributed by atoms with Crippen molar-refractivity contribution in [2.75, 3.05) is 19.8 Å². The van der Waals surface area contributed by atoms with Gasteiger partial charge in [0.15, 0.2) is 6.73 Å². The Balaban J connectivity index is 1.81. The van der Waals surface area contributed by atoms with E-state index in [2.05, 4.69) is 12.2 Å². The van der Waals surface area contributed by atoms with Crippen molar-refractivity contribution in [1.29, 1.82) is 0 Å². The van der Waals surface area contributed by atoms with E-state index < -0.39 is 0 Å². The van der Waals surface area contributed by atoms with Gasteiger partial charge in [-0.1, -0.05) is 25.1 Å². The Morgan fingerprint density at radius 2 is 2.00 bits per heavy atom. The third-order valence-electron chi connectivity index (χ3n) is 3.51. The summed E-state index contributed by atoms with van der Waals surface area (Å²) in [4.78, 5) is 13.9. The third-order valence-corrected chi connectivity index (χ3v) is 3.51. The summed E-state index contributed by atoms with van der Waals surface area (Å²) >= 11 is 0. The average molecular weight is 292 g/mol. The quantitative estimate of drug-likeness (QED) is 0.867. The van der Waals surface area contributed by atoms with E-state index in [0.29, 0.717) is 13.1 Å². The van der Waals surface area contributed by atoms with Crippen molar-refractivity contribution >= 4 is 6.03 Å². The molecule has 2 atom stereocenters. The minimum atomic E-state index is -0.106. The van der Waals surface area contributed by atoms with Gasteiger partial charge in [0.05, 0.1) is 12.2 Å². The summed E-state index contributed by atoms with van der Waals surface area (Å²) in [6.07, 6.45) is 1.05. The smallest absolute Gasteiger partial charge is 0.320 e. The second-order valence-corrected chi connectivity index (χ2v) is 5.39. The van der Waals surface area contributed by atoms with E-state index in [1.54, 1.807) is 4.90 Å². The number of benzene rings is 1. The topological polar surface area (TPSA) is 50.8 Å². The predicted molar refractivity (Wildman–Crippen MR) is 81.4 cm³/mol. The van der Waals surface area contributed by atoms with Crippen LogP contribution in [-0.4, -0.2) is 43.0 Å². The lowest BCUT2D eigenvalue weighted by Crippen LogP contribution is -2.52. The number of ether oxygens (including phenoxy) is 2. The normalized spacial score (nSPS) is 22.0. The van der Waals surface area contributed by atoms with Crippen LogP contribution in [0.1, 0.15) is 26.3 Å². The second-order valence-electron chi connectivity index (χ2n) is 5.39. The predicted octanol–water partition coefficient (Wildman–Crippen LogP) is 2.40. The molecule has 5 heteroatoms. The van der Waals surface area contributed by atoms with Gasteiger partial charge in [0.2, 0.25) is 0 Å². The Hall–Kier alpha value is -1.75. The molecule has 0 saturated carbocycles. The lowest BCUT2D eigenvalue weighted by atomic mass is 10.1. The maximum absolute atomic E-state index is 12.1. The lowest BCUT2D eigenvalue weighted by molar-refractivity contribution is -0.0548. The molecule has 1 fully saturated rings. The standard InChI is InChI=1S/C16H24N2O3/c1-4-14-7-5-6-8-15(14)20-11-17-16(19)18-9-12(2)21-13(3)10-18/h5-8,12-13H,4,9-11H2,1-3H3,(H,17,19). The van der Waals surface area contributed by atoms with E-state index in [0.717, 1.165) is 17.7 Å². The lowest BCUT2D eigenvalue weighted by Gasteiger charge is -2.35. The number of nitrogens with zero attached hydrogens (tertiary/aromatic N) is 1. The number of morpholine rings is 1. The summed E-state index contributed by atoms with van der Waals surface area (Å²) in [6, 6.07) is 7.76. The summed E-state index contributed by atoms with van der Waals surface area (Å²) in [5.41, 5.74) is 1.14. The molecule has 2 rings (SSSR count). The number of aryl methyl sites for hydroxylation is 1. The minimum absolute atomic E-state index is 0.0706. The van der Waals surface area contributed by atoms with Gasteiger partial charge in [-0.15, -0.1) is 0 Å². The number of rotatable bonds is 4. The van der Waals surface area contributed by atoms with Crippen molar-refractivity contribution in [3.63, 3.8) is 0 Å². The molecule has 1 aliphatic heterocycles. The summed E-state index contributed by atoms with van der Waals surface area (Å²) in [6.45, 7) is 7.44. The summed E-state index contributed by atoms with van der Waals surface area (Å²) < 4.78 is 11.3. The number of para-hydroxylation sites is 1. The second kappa shape index (κ2) is 7.31. The van der Waals surface area contributed by atoms with Gasteiger partial charge in [-0.3, -0.25) is 0 Å². The highest BCUT2D eigenvalue weighted by Crippen LogP contribution is 2.17. The number of nitrogens with one attached hydrogen (secondary N) is 1. The Kier molecular flexibility index (Phi) is 5.44. The van der Waals surface area contributed by atoms with Crippen molar-refractivity contribution < 1.29 is 14.3 Å². The monoisotopic (exact) mass is 292 g/mol. The zero-order valence-electron chi connectivity index (χ0n) is 13.0. The molecule has 5 nitrogen and oxygen atoms in total. The molecule has 2 amide bonds. The Bertz CT molecular complexity index is 468. The van der Waals surface area contributed by atoms with Gasteiger partial charge >= 0.3 is 6.03 Å². The number of hydrogen-bond acceptors (Lipinski definition) is 3. The van der Waals surface area contributed by atoms with Gasteiger partial charge in [-0.2, -0.15) is 0 Å². The van der Waals surface area contributed by atoms with Gasteiger partial charge < -0.3 is 19.7 Å². The molecule has 1 aliphatic rings. The molecule has 21 heavy (non-hydrogen) atoms. The van der Waals surface area contributed by atoms with Crippen molar-refractivity contribution in [3.8, 4) is 5.75 Å².